The molecule has 486 valence electrons. The third kappa shape index (κ3) is 57.2. The molecule has 0 aliphatic rings. The van der Waals surface area contributed by atoms with E-state index in [4.69, 9.17) is 37.0 Å². The summed E-state index contributed by atoms with van der Waals surface area (Å²) in [6, 6.07) is 0. The number of aliphatic hydroxyl groups excluding tert-OH is 1. The smallest absolute Gasteiger partial charge is 0.462 e. The van der Waals surface area contributed by atoms with Crippen LogP contribution in [-0.2, 0) is 65.4 Å². The monoisotopic (exact) mass is 1210 g/mol. The highest BCUT2D eigenvalue weighted by atomic mass is 31.2. The normalized spacial score (nSPS) is 14.5. The SMILES string of the molecule is CC(C)CCCCCCCCCCCC(=O)O[C@H](COC(=O)CCCCCCCCCCC(C)C)COP(=O)(O)OCC(O)COP(=O)(O)OC[C@@H](COC(=O)CCCCCCCCC(C)C)OC(=O)CCCCCCCCCC(C)C. The number of ether oxygens (including phenoxy) is 4. The molecular weight excluding hydrogens is 1090 g/mol. The molecule has 5 atom stereocenters. The van der Waals surface area contributed by atoms with Gasteiger partial charge in [-0.05, 0) is 49.4 Å². The number of phosphoric ester groups is 2. The Morgan fingerprint density at radius 3 is 0.756 bits per heavy atom. The summed E-state index contributed by atoms with van der Waals surface area (Å²) in [4.78, 5) is 72.1. The summed E-state index contributed by atoms with van der Waals surface area (Å²) in [6.07, 6.45) is 32.4. The molecule has 0 aliphatic heterocycles. The van der Waals surface area contributed by atoms with Crippen LogP contribution in [0.2, 0.25) is 0 Å². The van der Waals surface area contributed by atoms with Crippen molar-refractivity contribution in [1.82, 2.24) is 0 Å². The van der Waals surface area contributed by atoms with E-state index in [1.165, 1.54) is 96.3 Å². The number of rotatable bonds is 60. The number of hydrogen-bond acceptors (Lipinski definition) is 15. The Morgan fingerprint density at radius 2 is 0.512 bits per heavy atom. The van der Waals surface area contributed by atoms with Crippen molar-refractivity contribution in [2.75, 3.05) is 39.6 Å². The molecule has 0 heterocycles. The number of unbranched alkanes of at least 4 members (excludes halogenated alkanes) is 26. The van der Waals surface area contributed by atoms with E-state index in [-0.39, 0.29) is 25.7 Å². The Balaban J connectivity index is 5.25. The molecule has 0 aromatic carbocycles. The Hall–Kier alpha value is -1.94. The van der Waals surface area contributed by atoms with E-state index in [0.717, 1.165) is 108 Å². The van der Waals surface area contributed by atoms with Crippen LogP contribution in [0.15, 0.2) is 0 Å². The Bertz CT molecular complexity index is 1640. The van der Waals surface area contributed by atoms with E-state index < -0.39 is 97.5 Å². The van der Waals surface area contributed by atoms with Crippen molar-refractivity contribution in [3.05, 3.63) is 0 Å². The molecule has 0 radical (unpaired) electrons. The highest BCUT2D eigenvalue weighted by molar-refractivity contribution is 7.47. The van der Waals surface area contributed by atoms with Gasteiger partial charge in [0.2, 0.25) is 0 Å². The van der Waals surface area contributed by atoms with Crippen molar-refractivity contribution in [2.45, 2.75) is 318 Å². The average molecular weight is 1210 g/mol. The standard InChI is InChI=1S/C63H122O17P2/c1-53(2)39-31-23-15-10-9-11-19-29-37-45-62(67)79-58(49-73-60(65)43-35-27-18-13-12-16-24-32-40-54(3)4)51-77-81(69,70)75-47-57(64)48-76-82(71,72)78-52-59(50-74-61(66)44-36-28-22-21-26-34-42-56(7)8)80-63(68)46-38-30-20-14-17-25-33-41-55(5)6/h53-59,64H,9-52H2,1-8H3,(H,69,70)(H,71,72)/t57?,58-,59-/m1/s1. The largest absolute Gasteiger partial charge is 0.472 e. The first-order valence-corrected chi connectivity index (χ1v) is 35.7. The second kappa shape index (κ2) is 53.3. The van der Waals surface area contributed by atoms with Gasteiger partial charge in [0.15, 0.2) is 12.2 Å². The zero-order chi connectivity index (χ0) is 61.1. The number of phosphoric acid groups is 2. The van der Waals surface area contributed by atoms with Gasteiger partial charge >= 0.3 is 39.5 Å². The van der Waals surface area contributed by atoms with Gasteiger partial charge in [0.25, 0.3) is 0 Å². The number of esters is 4. The fraction of sp³-hybridized carbons (Fsp3) is 0.937. The minimum Gasteiger partial charge on any atom is -0.462 e. The van der Waals surface area contributed by atoms with Gasteiger partial charge < -0.3 is 33.8 Å². The predicted octanol–water partition coefficient (Wildman–Crippen LogP) is 17.0. The molecule has 0 saturated carbocycles. The summed E-state index contributed by atoms with van der Waals surface area (Å²) < 4.78 is 67.9. The Morgan fingerprint density at radius 1 is 0.305 bits per heavy atom. The summed E-state index contributed by atoms with van der Waals surface area (Å²) >= 11 is 0. The van der Waals surface area contributed by atoms with E-state index in [1.807, 2.05) is 0 Å². The molecule has 0 fully saturated rings. The van der Waals surface area contributed by atoms with Crippen molar-refractivity contribution in [1.29, 1.82) is 0 Å². The van der Waals surface area contributed by atoms with Crippen LogP contribution in [0, 0.1) is 23.7 Å². The Labute approximate surface area is 498 Å². The first kappa shape index (κ1) is 80.1. The lowest BCUT2D eigenvalue weighted by molar-refractivity contribution is -0.161. The van der Waals surface area contributed by atoms with Crippen molar-refractivity contribution < 1.29 is 80.2 Å². The maximum atomic E-state index is 13.0. The van der Waals surface area contributed by atoms with Crippen molar-refractivity contribution in [3.8, 4) is 0 Å². The lowest BCUT2D eigenvalue weighted by Crippen LogP contribution is -2.30. The maximum Gasteiger partial charge on any atom is 0.472 e. The van der Waals surface area contributed by atoms with Gasteiger partial charge in [0, 0.05) is 25.7 Å². The zero-order valence-electron chi connectivity index (χ0n) is 53.1. The molecule has 0 amide bonds. The quantitative estimate of drug-likeness (QED) is 0.0222. The molecule has 0 aromatic rings. The summed E-state index contributed by atoms with van der Waals surface area (Å²) in [6.45, 7) is 13.9. The van der Waals surface area contributed by atoms with Crippen molar-refractivity contribution in [2.24, 2.45) is 23.7 Å². The molecule has 0 bridgehead atoms. The minimum atomic E-state index is -4.94. The first-order chi connectivity index (χ1) is 39.1. The molecule has 0 aromatic heterocycles. The number of carbonyl (C=O) groups is 4. The van der Waals surface area contributed by atoms with E-state index in [9.17, 15) is 43.2 Å². The van der Waals surface area contributed by atoms with E-state index >= 15 is 0 Å². The van der Waals surface area contributed by atoms with Crippen molar-refractivity contribution >= 4 is 39.5 Å². The Kier molecular flexibility index (Phi) is 52.0. The molecule has 3 unspecified atom stereocenters. The first-order valence-electron chi connectivity index (χ1n) is 32.7. The third-order valence-electron chi connectivity index (χ3n) is 14.3. The van der Waals surface area contributed by atoms with Gasteiger partial charge in [-0.1, -0.05) is 248 Å². The zero-order valence-corrected chi connectivity index (χ0v) is 54.9. The number of hydrogen-bond donors (Lipinski definition) is 3. The lowest BCUT2D eigenvalue weighted by atomic mass is 10.0. The fourth-order valence-electron chi connectivity index (χ4n) is 9.25. The van der Waals surface area contributed by atoms with Gasteiger partial charge in [-0.3, -0.25) is 37.3 Å². The van der Waals surface area contributed by atoms with Crippen LogP contribution in [0.25, 0.3) is 0 Å². The molecule has 0 spiro atoms. The van der Waals surface area contributed by atoms with Crippen LogP contribution >= 0.6 is 15.6 Å². The third-order valence-corrected chi connectivity index (χ3v) is 16.2. The molecule has 0 rings (SSSR count). The summed E-state index contributed by atoms with van der Waals surface area (Å²) in [7, 11) is -9.89. The van der Waals surface area contributed by atoms with E-state index in [0.29, 0.717) is 37.5 Å². The highest BCUT2D eigenvalue weighted by Gasteiger charge is 2.30. The average Bonchev–Trinajstić information content (AvgIpc) is 3.43. The highest BCUT2D eigenvalue weighted by Crippen LogP contribution is 2.45. The number of aliphatic hydroxyl groups is 1. The van der Waals surface area contributed by atoms with Gasteiger partial charge in [-0.2, -0.15) is 0 Å². The van der Waals surface area contributed by atoms with Gasteiger partial charge in [0.05, 0.1) is 26.4 Å². The molecule has 19 heteroatoms. The van der Waals surface area contributed by atoms with Crippen LogP contribution in [0.1, 0.15) is 299 Å². The van der Waals surface area contributed by atoms with E-state index in [2.05, 4.69) is 55.4 Å². The molecule has 0 aliphatic carbocycles. The van der Waals surface area contributed by atoms with Gasteiger partial charge in [0.1, 0.15) is 19.3 Å². The van der Waals surface area contributed by atoms with Crippen LogP contribution in [-0.4, -0.2) is 96.7 Å². The molecule has 0 saturated heterocycles. The van der Waals surface area contributed by atoms with Crippen molar-refractivity contribution in [3.63, 3.8) is 0 Å². The van der Waals surface area contributed by atoms with Crippen LogP contribution in [0.5, 0.6) is 0 Å². The van der Waals surface area contributed by atoms with Gasteiger partial charge in [-0.25, -0.2) is 9.13 Å². The second-order valence-electron chi connectivity index (χ2n) is 24.7. The topological polar surface area (TPSA) is 237 Å². The molecule has 17 nitrogen and oxygen atoms in total. The summed E-state index contributed by atoms with van der Waals surface area (Å²) in [5, 5.41) is 10.5. The van der Waals surface area contributed by atoms with Crippen LogP contribution < -0.4 is 0 Å². The lowest BCUT2D eigenvalue weighted by Gasteiger charge is -2.21. The second-order valence-corrected chi connectivity index (χ2v) is 27.6. The predicted molar refractivity (Wildman–Crippen MR) is 326 cm³/mol. The fourth-order valence-corrected chi connectivity index (χ4v) is 10.8. The van der Waals surface area contributed by atoms with Crippen LogP contribution in [0.3, 0.4) is 0 Å². The summed E-state index contributed by atoms with van der Waals surface area (Å²) in [5.74, 6) is 0.694. The maximum absolute atomic E-state index is 13.0. The summed E-state index contributed by atoms with van der Waals surface area (Å²) in [5.41, 5.74) is 0. The number of carbonyl (C=O) groups excluding carboxylic acids is 4. The van der Waals surface area contributed by atoms with Crippen LogP contribution in [0.4, 0.5) is 0 Å². The van der Waals surface area contributed by atoms with E-state index in [1.54, 1.807) is 0 Å². The molecule has 3 N–H and O–H groups in total. The minimum absolute atomic E-state index is 0.102. The molecule has 82 heavy (non-hydrogen) atoms. The van der Waals surface area contributed by atoms with Gasteiger partial charge in [-0.15, -0.1) is 0 Å². The molecular formula is C63H122O17P2.